The van der Waals surface area contributed by atoms with E-state index in [0.29, 0.717) is 34.3 Å². The van der Waals surface area contributed by atoms with Crippen LogP contribution in [0.25, 0.3) is 10.6 Å². The molecule has 0 unspecified atom stereocenters. The van der Waals surface area contributed by atoms with E-state index in [4.69, 9.17) is 18.6 Å². The smallest absolute Gasteiger partial charge is 0.342 e. The van der Waals surface area contributed by atoms with Crippen molar-refractivity contribution in [3.8, 4) is 22.1 Å². The Labute approximate surface area is 155 Å². The molecule has 0 fully saturated rings. The predicted molar refractivity (Wildman–Crippen MR) is 98.0 cm³/mol. The van der Waals surface area contributed by atoms with Gasteiger partial charge in [0.2, 0.25) is 0 Å². The van der Waals surface area contributed by atoms with Gasteiger partial charge in [-0.1, -0.05) is 6.07 Å². The Balaban J connectivity index is 1.75. The van der Waals surface area contributed by atoms with Crippen LogP contribution in [0.5, 0.6) is 11.5 Å². The highest BCUT2D eigenvalue weighted by molar-refractivity contribution is 7.13. The van der Waals surface area contributed by atoms with Gasteiger partial charge >= 0.3 is 5.97 Å². The van der Waals surface area contributed by atoms with Crippen LogP contribution in [-0.2, 0) is 11.3 Å². The molecule has 2 heterocycles. The fourth-order valence-corrected chi connectivity index (χ4v) is 3.43. The molecule has 0 bridgehead atoms. The van der Waals surface area contributed by atoms with Crippen molar-refractivity contribution in [3.05, 3.63) is 52.4 Å². The van der Waals surface area contributed by atoms with E-state index >= 15 is 0 Å². The minimum Gasteiger partial charge on any atom is -0.493 e. The molecule has 136 valence electrons. The van der Waals surface area contributed by atoms with Crippen LogP contribution < -0.4 is 9.47 Å². The maximum absolute atomic E-state index is 12.2. The molecule has 2 aromatic heterocycles. The number of thiazole rings is 1. The third kappa shape index (κ3) is 3.57. The van der Waals surface area contributed by atoms with E-state index in [1.807, 2.05) is 23.6 Å². The van der Waals surface area contributed by atoms with Crippen molar-refractivity contribution in [3.63, 3.8) is 0 Å². The summed E-state index contributed by atoms with van der Waals surface area (Å²) in [6.07, 6.45) is 0. The fraction of sp³-hybridized carbons (Fsp3) is 0.263. The Morgan fingerprint density at radius 1 is 1.23 bits per heavy atom. The van der Waals surface area contributed by atoms with E-state index in [2.05, 4.69) is 4.98 Å². The first-order chi connectivity index (χ1) is 12.5. The Morgan fingerprint density at radius 3 is 2.69 bits per heavy atom. The van der Waals surface area contributed by atoms with Crippen LogP contribution in [0.3, 0.4) is 0 Å². The number of carbonyl (C=O) groups excluding carboxylic acids is 1. The summed E-state index contributed by atoms with van der Waals surface area (Å²) in [5, 5.41) is 2.62. The summed E-state index contributed by atoms with van der Waals surface area (Å²) < 4.78 is 21.5. The highest BCUT2D eigenvalue weighted by Crippen LogP contribution is 2.39. The Kier molecular flexibility index (Phi) is 5.27. The zero-order chi connectivity index (χ0) is 18.7. The number of hydrogen-bond donors (Lipinski definition) is 0. The zero-order valence-electron chi connectivity index (χ0n) is 15.0. The number of rotatable bonds is 6. The highest BCUT2D eigenvalue weighted by Gasteiger charge is 2.17. The normalized spacial score (nSPS) is 10.6. The van der Waals surface area contributed by atoms with Gasteiger partial charge in [0.15, 0.2) is 11.5 Å². The third-order valence-corrected chi connectivity index (χ3v) is 4.72. The van der Waals surface area contributed by atoms with Gasteiger partial charge in [0.05, 0.1) is 25.5 Å². The molecule has 0 aliphatic rings. The lowest BCUT2D eigenvalue weighted by molar-refractivity contribution is 0.0466. The quantitative estimate of drug-likeness (QED) is 0.597. The molecule has 0 saturated heterocycles. The maximum Gasteiger partial charge on any atom is 0.342 e. The van der Waals surface area contributed by atoms with E-state index in [9.17, 15) is 4.79 Å². The monoisotopic (exact) mass is 373 g/mol. The minimum absolute atomic E-state index is 0.0886. The van der Waals surface area contributed by atoms with Crippen molar-refractivity contribution in [2.24, 2.45) is 0 Å². The van der Waals surface area contributed by atoms with E-state index in [-0.39, 0.29) is 6.61 Å². The number of aromatic nitrogens is 1. The number of nitrogens with zero attached hydrogens (tertiary/aromatic N) is 1. The molecule has 0 spiro atoms. The molecule has 0 N–H and O–H groups in total. The van der Waals surface area contributed by atoms with Gasteiger partial charge in [0.1, 0.15) is 28.7 Å². The van der Waals surface area contributed by atoms with Crippen LogP contribution in [0.4, 0.5) is 0 Å². The first kappa shape index (κ1) is 18.0. The number of ether oxygens (including phenoxy) is 3. The molecule has 7 heteroatoms. The average Bonchev–Trinajstić information content (AvgIpc) is 3.24. The van der Waals surface area contributed by atoms with Gasteiger partial charge in [0, 0.05) is 5.38 Å². The number of esters is 1. The number of furan rings is 1. The van der Waals surface area contributed by atoms with E-state index in [1.165, 1.54) is 11.3 Å². The van der Waals surface area contributed by atoms with Crippen LogP contribution in [-0.4, -0.2) is 25.2 Å². The van der Waals surface area contributed by atoms with Crippen molar-refractivity contribution in [1.82, 2.24) is 4.98 Å². The SMILES string of the molecule is COc1cccc(-c2nc(COC(=O)c3cc(C)oc3C)cs2)c1OC. The summed E-state index contributed by atoms with van der Waals surface area (Å²) in [7, 11) is 3.18. The zero-order valence-corrected chi connectivity index (χ0v) is 15.8. The molecule has 0 atom stereocenters. The van der Waals surface area contributed by atoms with Crippen LogP contribution >= 0.6 is 11.3 Å². The molecule has 26 heavy (non-hydrogen) atoms. The second kappa shape index (κ2) is 7.61. The Morgan fingerprint density at radius 2 is 2.04 bits per heavy atom. The predicted octanol–water partition coefficient (Wildman–Crippen LogP) is 4.39. The average molecular weight is 373 g/mol. The summed E-state index contributed by atoms with van der Waals surface area (Å²) in [4.78, 5) is 16.7. The van der Waals surface area contributed by atoms with Crippen LogP contribution in [0, 0.1) is 13.8 Å². The largest absolute Gasteiger partial charge is 0.493 e. The molecule has 6 nitrogen and oxygen atoms in total. The van der Waals surface area contributed by atoms with Crippen molar-refractivity contribution < 1.29 is 23.4 Å². The number of para-hydroxylation sites is 1. The van der Waals surface area contributed by atoms with E-state index in [0.717, 1.165) is 10.6 Å². The van der Waals surface area contributed by atoms with Gasteiger partial charge in [-0.3, -0.25) is 0 Å². The van der Waals surface area contributed by atoms with Crippen LogP contribution in [0.15, 0.2) is 34.1 Å². The lowest BCUT2D eigenvalue weighted by atomic mass is 10.2. The van der Waals surface area contributed by atoms with Gasteiger partial charge < -0.3 is 18.6 Å². The first-order valence-corrected chi connectivity index (χ1v) is 8.81. The molecule has 0 saturated carbocycles. The third-order valence-electron chi connectivity index (χ3n) is 3.80. The topological polar surface area (TPSA) is 70.8 Å². The summed E-state index contributed by atoms with van der Waals surface area (Å²) in [5.74, 6) is 2.06. The van der Waals surface area contributed by atoms with E-state index < -0.39 is 5.97 Å². The van der Waals surface area contributed by atoms with Crippen LogP contribution in [0.2, 0.25) is 0 Å². The molecule has 1 aromatic carbocycles. The maximum atomic E-state index is 12.2. The van der Waals surface area contributed by atoms with E-state index in [1.54, 1.807) is 34.1 Å². The molecule has 3 aromatic rings. The van der Waals surface area contributed by atoms with Gasteiger partial charge in [-0.25, -0.2) is 9.78 Å². The summed E-state index contributed by atoms with van der Waals surface area (Å²) >= 11 is 1.45. The number of benzene rings is 1. The molecule has 0 amide bonds. The van der Waals surface area contributed by atoms with Gasteiger partial charge in [-0.15, -0.1) is 11.3 Å². The van der Waals surface area contributed by atoms with Crippen molar-refractivity contribution in [2.45, 2.75) is 20.5 Å². The Bertz CT molecular complexity index is 928. The second-order valence-corrected chi connectivity index (χ2v) is 6.45. The molecular weight excluding hydrogens is 354 g/mol. The van der Waals surface area contributed by atoms with Crippen LogP contribution in [0.1, 0.15) is 27.6 Å². The highest BCUT2D eigenvalue weighted by atomic mass is 32.1. The van der Waals surface area contributed by atoms with Gasteiger partial charge in [0.25, 0.3) is 0 Å². The number of carbonyl (C=O) groups is 1. The summed E-state index contributed by atoms with van der Waals surface area (Å²) in [5.41, 5.74) is 1.93. The number of methoxy groups -OCH3 is 2. The fourth-order valence-electron chi connectivity index (χ4n) is 2.60. The minimum atomic E-state index is -0.423. The number of hydrogen-bond acceptors (Lipinski definition) is 7. The molecule has 0 aliphatic carbocycles. The first-order valence-electron chi connectivity index (χ1n) is 7.93. The molecule has 0 aliphatic heterocycles. The second-order valence-electron chi connectivity index (χ2n) is 5.59. The number of aryl methyl sites for hydroxylation is 2. The van der Waals surface area contributed by atoms with Crippen molar-refractivity contribution in [1.29, 1.82) is 0 Å². The molecule has 3 rings (SSSR count). The molecular formula is C19H19NO5S. The lowest BCUT2D eigenvalue weighted by Crippen LogP contribution is -2.05. The molecule has 0 radical (unpaired) electrons. The van der Waals surface area contributed by atoms with Gasteiger partial charge in [-0.05, 0) is 32.0 Å². The van der Waals surface area contributed by atoms with Crippen molar-refractivity contribution in [2.75, 3.05) is 14.2 Å². The summed E-state index contributed by atoms with van der Waals surface area (Å²) in [6.45, 7) is 3.61. The summed E-state index contributed by atoms with van der Waals surface area (Å²) in [6, 6.07) is 7.29. The lowest BCUT2D eigenvalue weighted by Gasteiger charge is -2.10. The Hall–Kier alpha value is -2.80. The van der Waals surface area contributed by atoms with Gasteiger partial charge in [-0.2, -0.15) is 0 Å². The standard InChI is InChI=1S/C19H19NO5S/c1-11-8-15(12(2)25-11)19(21)24-9-13-10-26-18(20-13)14-6-5-7-16(22-3)17(14)23-4/h5-8,10H,9H2,1-4H3. The van der Waals surface area contributed by atoms with Crippen molar-refractivity contribution >= 4 is 17.3 Å².